The quantitative estimate of drug-likeness (QED) is 0.597. The molecule has 130 valence electrons. The van der Waals surface area contributed by atoms with E-state index in [9.17, 15) is 13.2 Å². The van der Waals surface area contributed by atoms with E-state index in [1.807, 2.05) is 30.5 Å². The number of H-pyrrole nitrogens is 1. The van der Waals surface area contributed by atoms with Gasteiger partial charge in [-0.25, -0.2) is 0 Å². The summed E-state index contributed by atoms with van der Waals surface area (Å²) in [5.74, 6) is -0.304. The minimum absolute atomic E-state index is 0.227. The Balaban J connectivity index is 1.60. The highest BCUT2D eigenvalue weighted by Gasteiger charge is 2.34. The van der Waals surface area contributed by atoms with E-state index in [4.69, 9.17) is 10.3 Å². The van der Waals surface area contributed by atoms with Crippen molar-refractivity contribution in [3.63, 3.8) is 0 Å². The lowest BCUT2D eigenvalue weighted by Crippen LogP contribution is -2.45. The van der Waals surface area contributed by atoms with Gasteiger partial charge in [-0.05, 0) is 37.3 Å². The van der Waals surface area contributed by atoms with Gasteiger partial charge in [-0.2, -0.15) is 8.42 Å². The smallest absolute Gasteiger partial charge is 0.267 e. The average molecular weight is 351 g/mol. The minimum Gasteiger partial charge on any atom is -0.361 e. The number of carbonyl (C=O) groups excluding carboxylic acids is 1. The van der Waals surface area contributed by atoms with Crippen LogP contribution in [0.4, 0.5) is 0 Å². The van der Waals surface area contributed by atoms with Gasteiger partial charge in [0, 0.05) is 23.1 Å². The number of hydrogen-bond acceptors (Lipinski definition) is 4. The van der Waals surface area contributed by atoms with Crippen molar-refractivity contribution in [3.05, 3.63) is 36.0 Å². The Bertz CT molecular complexity index is 846. The molecule has 1 amide bonds. The molecule has 2 aromatic rings. The molecule has 0 radical (unpaired) electrons. The molecular formula is C16H21N3O4S. The topological polar surface area (TPSA) is 125 Å². The number of para-hydroxylation sites is 1. The summed E-state index contributed by atoms with van der Waals surface area (Å²) in [6, 6.07) is 6.81. The molecule has 1 heterocycles. The van der Waals surface area contributed by atoms with Crippen LogP contribution < -0.4 is 11.1 Å². The monoisotopic (exact) mass is 351 g/mol. The van der Waals surface area contributed by atoms with Crippen LogP contribution in [0.5, 0.6) is 0 Å². The van der Waals surface area contributed by atoms with Gasteiger partial charge in [-0.15, -0.1) is 0 Å². The Labute approximate surface area is 140 Å². The van der Waals surface area contributed by atoms with Crippen LogP contribution in [-0.2, 0) is 21.3 Å². The highest BCUT2D eigenvalue weighted by Crippen LogP contribution is 2.25. The molecule has 8 heteroatoms. The summed E-state index contributed by atoms with van der Waals surface area (Å²) in [4.78, 5) is 15.4. The zero-order valence-electron chi connectivity index (χ0n) is 13.1. The molecule has 1 aliphatic rings. The summed E-state index contributed by atoms with van der Waals surface area (Å²) in [5, 5.41) is 3.03. The Morgan fingerprint density at radius 2 is 2.12 bits per heavy atom. The molecule has 2 unspecified atom stereocenters. The van der Waals surface area contributed by atoms with E-state index in [1.165, 1.54) is 0 Å². The Kier molecular flexibility index (Phi) is 4.62. The second-order valence-electron chi connectivity index (χ2n) is 6.33. The van der Waals surface area contributed by atoms with Gasteiger partial charge in [0.1, 0.15) is 0 Å². The fourth-order valence-corrected chi connectivity index (χ4v) is 4.19. The molecule has 24 heavy (non-hydrogen) atoms. The number of benzene rings is 1. The third-order valence-corrected chi connectivity index (χ3v) is 5.87. The van der Waals surface area contributed by atoms with Crippen molar-refractivity contribution in [1.82, 2.24) is 10.3 Å². The molecule has 3 rings (SSSR count). The predicted molar refractivity (Wildman–Crippen MR) is 91.1 cm³/mol. The van der Waals surface area contributed by atoms with E-state index < -0.39 is 21.4 Å². The first-order chi connectivity index (χ1) is 11.3. The van der Waals surface area contributed by atoms with Crippen molar-refractivity contribution >= 4 is 26.9 Å². The Morgan fingerprint density at radius 3 is 2.83 bits per heavy atom. The number of rotatable bonds is 5. The average Bonchev–Trinajstić information content (AvgIpc) is 3.14. The maximum Gasteiger partial charge on any atom is 0.267 e. The number of aromatic nitrogens is 1. The molecule has 0 saturated heterocycles. The second-order valence-corrected chi connectivity index (χ2v) is 8.02. The molecule has 0 bridgehead atoms. The SMILES string of the molecule is N[C@@H](Cc1c[nH]c2ccccc12)C(=O)NC1CCC(S(=O)(=O)O)C1. The van der Waals surface area contributed by atoms with Gasteiger partial charge >= 0.3 is 0 Å². The highest BCUT2D eigenvalue weighted by molar-refractivity contribution is 7.86. The number of nitrogens with two attached hydrogens (primary N) is 1. The molecular weight excluding hydrogens is 330 g/mol. The van der Waals surface area contributed by atoms with Crippen molar-refractivity contribution in [3.8, 4) is 0 Å². The van der Waals surface area contributed by atoms with Crippen molar-refractivity contribution in [2.75, 3.05) is 0 Å². The summed E-state index contributed by atoms with van der Waals surface area (Å²) in [6.45, 7) is 0. The van der Waals surface area contributed by atoms with Crippen LogP contribution in [0.2, 0.25) is 0 Å². The van der Waals surface area contributed by atoms with E-state index in [1.54, 1.807) is 0 Å². The molecule has 1 fully saturated rings. The van der Waals surface area contributed by atoms with E-state index >= 15 is 0 Å². The van der Waals surface area contributed by atoms with Gasteiger partial charge < -0.3 is 16.0 Å². The first-order valence-electron chi connectivity index (χ1n) is 7.92. The van der Waals surface area contributed by atoms with Crippen molar-refractivity contribution in [2.24, 2.45) is 5.73 Å². The van der Waals surface area contributed by atoms with Crippen LogP contribution >= 0.6 is 0 Å². The lowest BCUT2D eigenvalue weighted by molar-refractivity contribution is -0.123. The van der Waals surface area contributed by atoms with Gasteiger partial charge in [-0.1, -0.05) is 18.2 Å². The zero-order valence-corrected chi connectivity index (χ0v) is 13.9. The first-order valence-corrected chi connectivity index (χ1v) is 9.42. The molecule has 1 aliphatic carbocycles. The fraction of sp³-hybridized carbons (Fsp3) is 0.438. The summed E-state index contributed by atoms with van der Waals surface area (Å²) >= 11 is 0. The normalized spacial score (nSPS) is 22.6. The molecule has 1 aromatic heterocycles. The number of nitrogens with one attached hydrogen (secondary N) is 2. The van der Waals surface area contributed by atoms with Crippen LogP contribution in [0.1, 0.15) is 24.8 Å². The summed E-state index contributed by atoms with van der Waals surface area (Å²) in [6.07, 6.45) is 3.34. The van der Waals surface area contributed by atoms with Crippen molar-refractivity contribution < 1.29 is 17.8 Å². The predicted octanol–water partition coefficient (Wildman–Crippen LogP) is 0.963. The lowest BCUT2D eigenvalue weighted by atomic mass is 10.0. The van der Waals surface area contributed by atoms with Gasteiger partial charge in [0.25, 0.3) is 10.1 Å². The number of aromatic amines is 1. The van der Waals surface area contributed by atoms with Crippen LogP contribution in [0, 0.1) is 0 Å². The largest absolute Gasteiger partial charge is 0.361 e. The Hall–Kier alpha value is -1.90. The zero-order chi connectivity index (χ0) is 17.3. The standard InChI is InChI=1S/C16H21N3O4S/c17-14(7-10-9-18-15-4-2-1-3-13(10)15)16(20)19-11-5-6-12(8-11)24(21,22)23/h1-4,9,11-12,14,18H,5-8,17H2,(H,19,20)(H,21,22,23)/t11?,12?,14-/m0/s1. The molecule has 3 atom stereocenters. The molecule has 1 saturated carbocycles. The Morgan fingerprint density at radius 1 is 1.38 bits per heavy atom. The fourth-order valence-electron chi connectivity index (χ4n) is 3.28. The van der Waals surface area contributed by atoms with E-state index in [0.29, 0.717) is 19.3 Å². The van der Waals surface area contributed by atoms with Gasteiger partial charge in [-0.3, -0.25) is 9.35 Å². The maximum absolute atomic E-state index is 12.3. The number of carbonyl (C=O) groups is 1. The minimum atomic E-state index is -4.04. The lowest BCUT2D eigenvalue weighted by Gasteiger charge is -2.16. The highest BCUT2D eigenvalue weighted by atomic mass is 32.2. The van der Waals surface area contributed by atoms with Gasteiger partial charge in [0.2, 0.25) is 5.91 Å². The van der Waals surface area contributed by atoms with Crippen LogP contribution in [-0.4, -0.2) is 41.2 Å². The summed E-state index contributed by atoms with van der Waals surface area (Å²) in [5.41, 5.74) is 7.96. The van der Waals surface area contributed by atoms with Crippen LogP contribution in [0.15, 0.2) is 30.5 Å². The summed E-state index contributed by atoms with van der Waals surface area (Å²) < 4.78 is 31.4. The van der Waals surface area contributed by atoms with Gasteiger partial charge in [0.15, 0.2) is 0 Å². The first kappa shape index (κ1) is 16.9. The van der Waals surface area contributed by atoms with Crippen molar-refractivity contribution in [2.45, 2.75) is 43.0 Å². The molecule has 1 aromatic carbocycles. The number of fused-ring (bicyclic) bond motifs is 1. The van der Waals surface area contributed by atoms with E-state index in [2.05, 4.69) is 10.3 Å². The van der Waals surface area contributed by atoms with E-state index in [0.717, 1.165) is 16.5 Å². The van der Waals surface area contributed by atoms with E-state index in [-0.39, 0.29) is 18.4 Å². The number of amides is 1. The van der Waals surface area contributed by atoms with Crippen molar-refractivity contribution in [1.29, 1.82) is 0 Å². The van der Waals surface area contributed by atoms with Gasteiger partial charge in [0.05, 0.1) is 11.3 Å². The third kappa shape index (κ3) is 3.61. The summed E-state index contributed by atoms with van der Waals surface area (Å²) in [7, 11) is -4.04. The number of hydrogen-bond donors (Lipinski definition) is 4. The van der Waals surface area contributed by atoms with Crippen LogP contribution in [0.3, 0.4) is 0 Å². The molecule has 7 nitrogen and oxygen atoms in total. The van der Waals surface area contributed by atoms with Crippen LogP contribution in [0.25, 0.3) is 10.9 Å². The third-order valence-electron chi connectivity index (χ3n) is 4.60. The second kappa shape index (κ2) is 6.54. The maximum atomic E-state index is 12.3. The molecule has 0 aliphatic heterocycles. The molecule has 0 spiro atoms. The molecule has 5 N–H and O–H groups in total.